The fraction of sp³-hybridized carbons (Fsp3) is 0.353. The average molecular weight is 327 g/mol. The number of aryl methyl sites for hydroxylation is 1. The second-order valence-electron chi connectivity index (χ2n) is 5.88. The number of rotatable bonds is 6. The fourth-order valence-corrected chi connectivity index (χ4v) is 2.51. The van der Waals surface area contributed by atoms with E-state index in [-0.39, 0.29) is 23.5 Å². The van der Waals surface area contributed by atoms with Gasteiger partial charge in [-0.15, -0.1) is 0 Å². The molecule has 1 saturated carbocycles. The Hall–Kier alpha value is -2.88. The standard InChI is InChI=1S/C17H18FN5O/c18-12-5-7-13(8-6-12)23-16(20)14(10-19)15(22-23)2-1-9-21-17(24)11-3-4-11/h5-8,11H,1-4,9,20H2,(H,21,24). The number of amides is 1. The monoisotopic (exact) mass is 327 g/mol. The number of nitrogens with zero attached hydrogens (tertiary/aromatic N) is 3. The van der Waals surface area contributed by atoms with Gasteiger partial charge in [-0.2, -0.15) is 10.4 Å². The Morgan fingerprint density at radius 2 is 2.12 bits per heavy atom. The molecule has 2 aromatic rings. The van der Waals surface area contributed by atoms with Crippen molar-refractivity contribution in [3.63, 3.8) is 0 Å². The SMILES string of the molecule is N#Cc1c(CCCNC(=O)C2CC2)nn(-c2ccc(F)cc2)c1N. The minimum atomic E-state index is -0.350. The summed E-state index contributed by atoms with van der Waals surface area (Å²) >= 11 is 0. The number of aromatic nitrogens is 2. The molecule has 0 saturated heterocycles. The van der Waals surface area contributed by atoms with Crippen molar-refractivity contribution in [2.75, 3.05) is 12.3 Å². The van der Waals surface area contributed by atoms with Gasteiger partial charge in [0.25, 0.3) is 0 Å². The van der Waals surface area contributed by atoms with Crippen molar-refractivity contribution in [3.8, 4) is 11.8 Å². The van der Waals surface area contributed by atoms with Gasteiger partial charge < -0.3 is 11.1 Å². The Bertz CT molecular complexity index is 787. The second-order valence-corrected chi connectivity index (χ2v) is 5.88. The molecular formula is C17H18FN5O. The molecule has 0 atom stereocenters. The Morgan fingerprint density at radius 1 is 1.42 bits per heavy atom. The third kappa shape index (κ3) is 3.38. The number of nitrogen functional groups attached to an aromatic ring is 1. The lowest BCUT2D eigenvalue weighted by molar-refractivity contribution is -0.122. The molecule has 124 valence electrons. The predicted octanol–water partition coefficient (Wildman–Crippen LogP) is 1.92. The van der Waals surface area contributed by atoms with Gasteiger partial charge in [0.1, 0.15) is 23.3 Å². The van der Waals surface area contributed by atoms with Crippen LogP contribution >= 0.6 is 0 Å². The molecule has 7 heteroatoms. The maximum Gasteiger partial charge on any atom is 0.223 e. The number of nitrogens with two attached hydrogens (primary N) is 1. The van der Waals surface area contributed by atoms with Crippen LogP contribution in [0.1, 0.15) is 30.5 Å². The zero-order chi connectivity index (χ0) is 17.1. The molecule has 6 nitrogen and oxygen atoms in total. The van der Waals surface area contributed by atoms with Gasteiger partial charge in [-0.1, -0.05) is 0 Å². The van der Waals surface area contributed by atoms with Crippen LogP contribution in [-0.2, 0) is 11.2 Å². The molecule has 1 aromatic heterocycles. The van der Waals surface area contributed by atoms with E-state index in [9.17, 15) is 14.4 Å². The Morgan fingerprint density at radius 3 is 2.75 bits per heavy atom. The first-order chi connectivity index (χ1) is 11.6. The first-order valence-corrected chi connectivity index (χ1v) is 7.91. The molecule has 1 aromatic carbocycles. The van der Waals surface area contributed by atoms with E-state index in [1.54, 1.807) is 12.1 Å². The zero-order valence-corrected chi connectivity index (χ0v) is 13.1. The van der Waals surface area contributed by atoms with E-state index in [1.165, 1.54) is 16.8 Å². The summed E-state index contributed by atoms with van der Waals surface area (Å²) in [5.74, 6) is 0.178. The van der Waals surface area contributed by atoms with Crippen molar-refractivity contribution >= 4 is 11.7 Å². The van der Waals surface area contributed by atoms with Gasteiger partial charge >= 0.3 is 0 Å². The quantitative estimate of drug-likeness (QED) is 0.792. The van der Waals surface area contributed by atoms with Gasteiger partial charge in [-0.05, 0) is 49.9 Å². The first kappa shape index (κ1) is 16.0. The number of benzene rings is 1. The van der Waals surface area contributed by atoms with Crippen molar-refractivity contribution in [2.45, 2.75) is 25.7 Å². The second kappa shape index (κ2) is 6.71. The fourth-order valence-electron chi connectivity index (χ4n) is 2.51. The largest absolute Gasteiger partial charge is 0.382 e. The highest BCUT2D eigenvalue weighted by Gasteiger charge is 2.29. The Kier molecular flexibility index (Phi) is 4.47. The molecule has 1 amide bonds. The van der Waals surface area contributed by atoms with E-state index in [2.05, 4.69) is 16.5 Å². The van der Waals surface area contributed by atoms with E-state index in [0.717, 1.165) is 12.8 Å². The van der Waals surface area contributed by atoms with Gasteiger partial charge in [0, 0.05) is 12.5 Å². The summed E-state index contributed by atoms with van der Waals surface area (Å²) < 4.78 is 14.5. The highest BCUT2D eigenvalue weighted by Crippen LogP contribution is 2.28. The molecule has 3 N–H and O–H groups in total. The summed E-state index contributed by atoms with van der Waals surface area (Å²) in [6.45, 7) is 0.545. The highest BCUT2D eigenvalue weighted by atomic mass is 19.1. The molecular weight excluding hydrogens is 309 g/mol. The van der Waals surface area contributed by atoms with Crippen molar-refractivity contribution in [2.24, 2.45) is 5.92 Å². The van der Waals surface area contributed by atoms with Crippen molar-refractivity contribution < 1.29 is 9.18 Å². The maximum absolute atomic E-state index is 13.0. The summed E-state index contributed by atoms with van der Waals surface area (Å²) in [4.78, 5) is 11.6. The van der Waals surface area contributed by atoms with E-state index < -0.39 is 0 Å². The van der Waals surface area contributed by atoms with Crippen LogP contribution in [0.5, 0.6) is 0 Å². The zero-order valence-electron chi connectivity index (χ0n) is 13.1. The maximum atomic E-state index is 13.0. The number of hydrogen-bond acceptors (Lipinski definition) is 4. The predicted molar refractivity (Wildman–Crippen MR) is 86.7 cm³/mol. The molecule has 0 unspecified atom stereocenters. The van der Waals surface area contributed by atoms with Crippen LogP contribution < -0.4 is 11.1 Å². The molecule has 24 heavy (non-hydrogen) atoms. The lowest BCUT2D eigenvalue weighted by atomic mass is 10.1. The third-order valence-electron chi connectivity index (χ3n) is 4.01. The molecule has 3 rings (SSSR count). The molecule has 0 radical (unpaired) electrons. The van der Waals surface area contributed by atoms with Crippen molar-refractivity contribution in [1.82, 2.24) is 15.1 Å². The number of anilines is 1. The van der Waals surface area contributed by atoms with Crippen LogP contribution in [0.3, 0.4) is 0 Å². The lowest BCUT2D eigenvalue weighted by Crippen LogP contribution is -2.26. The van der Waals surface area contributed by atoms with Crippen LogP contribution in [0.15, 0.2) is 24.3 Å². The van der Waals surface area contributed by atoms with E-state index in [1.807, 2.05) is 0 Å². The molecule has 0 bridgehead atoms. The minimum absolute atomic E-state index is 0.104. The lowest BCUT2D eigenvalue weighted by Gasteiger charge is -2.03. The molecule has 1 fully saturated rings. The van der Waals surface area contributed by atoms with Crippen LogP contribution in [-0.4, -0.2) is 22.2 Å². The van der Waals surface area contributed by atoms with Gasteiger partial charge in [0.05, 0.1) is 11.4 Å². The van der Waals surface area contributed by atoms with Crippen molar-refractivity contribution in [3.05, 3.63) is 41.3 Å². The Labute approximate surface area is 139 Å². The van der Waals surface area contributed by atoms with E-state index in [0.29, 0.717) is 36.3 Å². The van der Waals surface area contributed by atoms with Crippen LogP contribution in [0.4, 0.5) is 10.2 Å². The smallest absolute Gasteiger partial charge is 0.223 e. The first-order valence-electron chi connectivity index (χ1n) is 7.91. The molecule has 1 aliphatic rings. The molecule has 1 aliphatic carbocycles. The number of nitrogens with one attached hydrogen (secondary N) is 1. The summed E-state index contributed by atoms with van der Waals surface area (Å²) in [6.07, 6.45) is 3.16. The number of carbonyl (C=O) groups is 1. The van der Waals surface area contributed by atoms with Crippen molar-refractivity contribution in [1.29, 1.82) is 5.26 Å². The normalized spacial score (nSPS) is 13.5. The van der Waals surface area contributed by atoms with Crippen LogP contribution in [0.25, 0.3) is 5.69 Å². The van der Waals surface area contributed by atoms with Crippen LogP contribution in [0, 0.1) is 23.1 Å². The summed E-state index contributed by atoms with van der Waals surface area (Å²) in [7, 11) is 0. The minimum Gasteiger partial charge on any atom is -0.382 e. The summed E-state index contributed by atoms with van der Waals surface area (Å²) in [5, 5.41) is 16.6. The number of halogens is 1. The van der Waals surface area contributed by atoms with Gasteiger partial charge in [-0.3, -0.25) is 4.79 Å². The topological polar surface area (TPSA) is 96.7 Å². The third-order valence-corrected chi connectivity index (χ3v) is 4.01. The highest BCUT2D eigenvalue weighted by molar-refractivity contribution is 5.80. The number of nitriles is 1. The number of carbonyl (C=O) groups excluding carboxylic acids is 1. The molecule has 1 heterocycles. The van der Waals surface area contributed by atoms with E-state index >= 15 is 0 Å². The summed E-state index contributed by atoms with van der Waals surface area (Å²) in [6, 6.07) is 7.81. The van der Waals surface area contributed by atoms with Crippen LogP contribution in [0.2, 0.25) is 0 Å². The van der Waals surface area contributed by atoms with Gasteiger partial charge in [0.2, 0.25) is 5.91 Å². The summed E-state index contributed by atoms with van der Waals surface area (Å²) in [5.41, 5.74) is 7.51. The number of hydrogen-bond donors (Lipinski definition) is 2. The van der Waals surface area contributed by atoms with Gasteiger partial charge in [-0.25, -0.2) is 9.07 Å². The molecule has 0 spiro atoms. The Balaban J connectivity index is 1.68. The van der Waals surface area contributed by atoms with Gasteiger partial charge in [0.15, 0.2) is 0 Å². The van der Waals surface area contributed by atoms with E-state index in [4.69, 9.17) is 5.73 Å². The molecule has 0 aliphatic heterocycles. The average Bonchev–Trinajstić information content (AvgIpc) is 3.37.